The molecule has 0 aliphatic carbocycles. The SMILES string of the molecule is Cc1cccc(OCc2c(C(=O)N3CCN(Cc4ccc(F)cc4)CC3)noc2C)c1. The van der Waals surface area contributed by atoms with Crippen molar-refractivity contribution in [3.05, 3.63) is 82.5 Å². The van der Waals surface area contributed by atoms with Crippen molar-refractivity contribution in [3.63, 3.8) is 0 Å². The lowest BCUT2D eigenvalue weighted by Gasteiger charge is -2.34. The lowest BCUT2D eigenvalue weighted by atomic mass is 10.1. The summed E-state index contributed by atoms with van der Waals surface area (Å²) in [7, 11) is 0. The van der Waals surface area contributed by atoms with Crippen LogP contribution in [0.1, 0.15) is 32.9 Å². The third-order valence-corrected chi connectivity index (χ3v) is 5.54. The van der Waals surface area contributed by atoms with Crippen LogP contribution in [0.4, 0.5) is 4.39 Å². The Bertz CT molecular complexity index is 1040. The molecule has 1 aromatic heterocycles. The van der Waals surface area contributed by atoms with E-state index in [0.717, 1.165) is 36.5 Å². The topological polar surface area (TPSA) is 58.8 Å². The predicted octanol–water partition coefficient (Wildman–Crippen LogP) is 3.97. The minimum atomic E-state index is -0.232. The van der Waals surface area contributed by atoms with Crippen LogP contribution in [0, 0.1) is 19.7 Å². The summed E-state index contributed by atoms with van der Waals surface area (Å²) in [5.74, 6) is 0.963. The number of nitrogens with zero attached hydrogens (tertiary/aromatic N) is 3. The van der Waals surface area contributed by atoms with E-state index in [4.69, 9.17) is 9.26 Å². The smallest absolute Gasteiger partial charge is 0.276 e. The van der Waals surface area contributed by atoms with Gasteiger partial charge in [-0.25, -0.2) is 4.39 Å². The van der Waals surface area contributed by atoms with Gasteiger partial charge in [0.2, 0.25) is 0 Å². The molecule has 1 aliphatic rings. The Kier molecular flexibility index (Phi) is 6.32. The Hall–Kier alpha value is -3.19. The molecule has 0 radical (unpaired) electrons. The van der Waals surface area contributed by atoms with E-state index in [-0.39, 0.29) is 18.3 Å². The summed E-state index contributed by atoms with van der Waals surface area (Å²) < 4.78 is 24.3. The van der Waals surface area contributed by atoms with Gasteiger partial charge in [-0.3, -0.25) is 9.69 Å². The molecule has 31 heavy (non-hydrogen) atoms. The zero-order valence-electron chi connectivity index (χ0n) is 17.8. The molecule has 1 fully saturated rings. The molecule has 6 nitrogen and oxygen atoms in total. The first-order valence-electron chi connectivity index (χ1n) is 10.4. The average molecular weight is 423 g/mol. The van der Waals surface area contributed by atoms with Gasteiger partial charge in [0.15, 0.2) is 5.69 Å². The maximum atomic E-state index is 13.1. The standard InChI is InChI=1S/C24H26FN3O3/c1-17-4-3-5-21(14-17)30-16-22-18(2)31-26-23(22)24(29)28-12-10-27(11-13-28)15-19-6-8-20(25)9-7-19/h3-9,14H,10-13,15-16H2,1-2H3. The summed E-state index contributed by atoms with van der Waals surface area (Å²) in [6.07, 6.45) is 0. The van der Waals surface area contributed by atoms with E-state index in [0.29, 0.717) is 30.1 Å². The second-order valence-electron chi connectivity index (χ2n) is 7.87. The first kappa shape index (κ1) is 21.1. The second-order valence-corrected chi connectivity index (χ2v) is 7.87. The van der Waals surface area contributed by atoms with Crippen LogP contribution >= 0.6 is 0 Å². The van der Waals surface area contributed by atoms with E-state index < -0.39 is 0 Å². The molecule has 0 atom stereocenters. The van der Waals surface area contributed by atoms with Crippen LogP contribution in [0.15, 0.2) is 53.1 Å². The number of aryl methyl sites for hydroxylation is 2. The predicted molar refractivity (Wildman–Crippen MR) is 114 cm³/mol. The summed E-state index contributed by atoms with van der Waals surface area (Å²) >= 11 is 0. The lowest BCUT2D eigenvalue weighted by Crippen LogP contribution is -2.48. The molecule has 2 aromatic carbocycles. The molecule has 3 aromatic rings. The quantitative estimate of drug-likeness (QED) is 0.601. The number of ether oxygens (including phenoxy) is 1. The number of rotatable bonds is 6. The highest BCUT2D eigenvalue weighted by Crippen LogP contribution is 2.21. The first-order chi connectivity index (χ1) is 15.0. The van der Waals surface area contributed by atoms with Gasteiger partial charge in [-0.2, -0.15) is 0 Å². The molecule has 0 bridgehead atoms. The highest BCUT2D eigenvalue weighted by molar-refractivity contribution is 5.93. The Balaban J connectivity index is 1.36. The molecule has 7 heteroatoms. The Labute approximate surface area is 181 Å². The van der Waals surface area contributed by atoms with E-state index in [9.17, 15) is 9.18 Å². The largest absolute Gasteiger partial charge is 0.489 e. The molecule has 0 saturated carbocycles. The van der Waals surface area contributed by atoms with Crippen molar-refractivity contribution in [2.45, 2.75) is 27.0 Å². The number of carbonyl (C=O) groups is 1. The zero-order valence-corrected chi connectivity index (χ0v) is 17.8. The van der Waals surface area contributed by atoms with Crippen molar-refractivity contribution in [2.75, 3.05) is 26.2 Å². The zero-order chi connectivity index (χ0) is 21.8. The molecular formula is C24H26FN3O3. The minimum Gasteiger partial charge on any atom is -0.489 e. The normalized spacial score (nSPS) is 14.6. The molecule has 1 saturated heterocycles. The molecule has 0 spiro atoms. The number of hydrogen-bond donors (Lipinski definition) is 0. The number of hydrogen-bond acceptors (Lipinski definition) is 5. The van der Waals surface area contributed by atoms with Gasteiger partial charge < -0.3 is 14.2 Å². The van der Waals surface area contributed by atoms with E-state index in [1.807, 2.05) is 31.2 Å². The van der Waals surface area contributed by atoms with Crippen molar-refractivity contribution in [1.29, 1.82) is 0 Å². The summed E-state index contributed by atoms with van der Waals surface area (Å²) in [5, 5.41) is 4.02. The van der Waals surface area contributed by atoms with Crippen molar-refractivity contribution in [2.24, 2.45) is 0 Å². The van der Waals surface area contributed by atoms with Gasteiger partial charge in [-0.1, -0.05) is 29.4 Å². The Morgan fingerprint density at radius 1 is 1.10 bits per heavy atom. The number of benzene rings is 2. The van der Waals surface area contributed by atoms with Crippen LogP contribution in [-0.2, 0) is 13.2 Å². The lowest BCUT2D eigenvalue weighted by molar-refractivity contribution is 0.0616. The number of halogens is 1. The fourth-order valence-electron chi connectivity index (χ4n) is 3.70. The summed E-state index contributed by atoms with van der Waals surface area (Å²) in [4.78, 5) is 17.1. The van der Waals surface area contributed by atoms with Crippen LogP contribution in [0.5, 0.6) is 5.75 Å². The van der Waals surface area contributed by atoms with Gasteiger partial charge >= 0.3 is 0 Å². The molecule has 1 amide bonds. The van der Waals surface area contributed by atoms with Crippen molar-refractivity contribution in [1.82, 2.24) is 15.0 Å². The number of aromatic nitrogens is 1. The van der Waals surface area contributed by atoms with Crippen molar-refractivity contribution in [3.8, 4) is 5.75 Å². The first-order valence-corrected chi connectivity index (χ1v) is 10.4. The highest BCUT2D eigenvalue weighted by Gasteiger charge is 2.28. The molecule has 0 unspecified atom stereocenters. The van der Waals surface area contributed by atoms with Crippen LogP contribution in [-0.4, -0.2) is 47.0 Å². The minimum absolute atomic E-state index is 0.138. The van der Waals surface area contributed by atoms with Gasteiger partial charge in [0, 0.05) is 32.7 Å². The third-order valence-electron chi connectivity index (χ3n) is 5.54. The van der Waals surface area contributed by atoms with Crippen LogP contribution in [0.25, 0.3) is 0 Å². The van der Waals surface area contributed by atoms with E-state index >= 15 is 0 Å². The monoisotopic (exact) mass is 423 g/mol. The van der Waals surface area contributed by atoms with Crippen molar-refractivity contribution >= 4 is 5.91 Å². The molecular weight excluding hydrogens is 397 g/mol. The maximum Gasteiger partial charge on any atom is 0.276 e. The molecule has 0 N–H and O–H groups in total. The summed E-state index contributed by atoms with van der Waals surface area (Å²) in [6, 6.07) is 14.3. The molecule has 1 aliphatic heterocycles. The van der Waals surface area contributed by atoms with Crippen LogP contribution in [0.3, 0.4) is 0 Å². The second kappa shape index (κ2) is 9.31. The fraction of sp³-hybridized carbons (Fsp3) is 0.333. The molecule has 162 valence electrons. The fourth-order valence-corrected chi connectivity index (χ4v) is 3.70. The van der Waals surface area contributed by atoms with Gasteiger partial charge in [-0.15, -0.1) is 0 Å². The summed E-state index contributed by atoms with van der Waals surface area (Å²) in [6.45, 7) is 7.45. The van der Waals surface area contributed by atoms with Gasteiger partial charge in [0.1, 0.15) is 23.9 Å². The highest BCUT2D eigenvalue weighted by atomic mass is 19.1. The van der Waals surface area contributed by atoms with Crippen LogP contribution in [0.2, 0.25) is 0 Å². The number of amides is 1. The maximum absolute atomic E-state index is 13.1. The molecule has 4 rings (SSSR count). The summed E-state index contributed by atoms with van der Waals surface area (Å²) in [5.41, 5.74) is 3.16. The van der Waals surface area contributed by atoms with Gasteiger partial charge in [0.05, 0.1) is 5.56 Å². The third kappa shape index (κ3) is 5.11. The van der Waals surface area contributed by atoms with Gasteiger partial charge in [-0.05, 0) is 49.2 Å². The number of carbonyl (C=O) groups excluding carboxylic acids is 1. The van der Waals surface area contributed by atoms with E-state index in [2.05, 4.69) is 10.1 Å². The Morgan fingerprint density at radius 2 is 1.84 bits per heavy atom. The van der Waals surface area contributed by atoms with E-state index in [1.165, 1.54) is 12.1 Å². The number of piperazine rings is 1. The van der Waals surface area contributed by atoms with Gasteiger partial charge in [0.25, 0.3) is 5.91 Å². The van der Waals surface area contributed by atoms with Crippen LogP contribution < -0.4 is 4.74 Å². The van der Waals surface area contributed by atoms with E-state index in [1.54, 1.807) is 24.0 Å². The Morgan fingerprint density at radius 3 is 2.55 bits per heavy atom. The average Bonchev–Trinajstić information content (AvgIpc) is 3.14. The van der Waals surface area contributed by atoms with Crippen molar-refractivity contribution < 1.29 is 18.4 Å². The molecule has 2 heterocycles.